The molecule has 5 nitrogen and oxygen atoms in total. The zero-order valence-electron chi connectivity index (χ0n) is 20.2. The summed E-state index contributed by atoms with van der Waals surface area (Å²) in [7, 11) is 0. The van der Waals surface area contributed by atoms with E-state index in [0.29, 0.717) is 18.9 Å². The number of aromatic nitrogens is 1. The summed E-state index contributed by atoms with van der Waals surface area (Å²) in [5.74, 6) is 1.42. The molecule has 180 valence electrons. The fraction of sp³-hybridized carbons (Fsp3) is 0.241. The Bertz CT molecular complexity index is 1280. The number of carboxylic acid groups (broad SMARTS) is 1. The van der Waals surface area contributed by atoms with Crippen LogP contribution in [0.25, 0.3) is 11.5 Å². The van der Waals surface area contributed by atoms with Crippen LogP contribution in [0.2, 0.25) is 0 Å². The third-order valence-electron chi connectivity index (χ3n) is 5.78. The minimum Gasteiger partial charge on any atom is -0.493 e. The maximum absolute atomic E-state index is 10.8. The van der Waals surface area contributed by atoms with Gasteiger partial charge in [-0.05, 0) is 79.9 Å². The summed E-state index contributed by atoms with van der Waals surface area (Å²) in [6.07, 6.45) is 0.642. The largest absolute Gasteiger partial charge is 0.493 e. The Morgan fingerprint density at radius 3 is 2.43 bits per heavy atom. The van der Waals surface area contributed by atoms with Gasteiger partial charge >= 0.3 is 5.97 Å². The highest BCUT2D eigenvalue weighted by atomic mass is 32.2. The van der Waals surface area contributed by atoms with Gasteiger partial charge in [0.25, 0.3) is 0 Å². The molecule has 0 aliphatic carbocycles. The molecule has 4 aromatic rings. The first-order valence-corrected chi connectivity index (χ1v) is 12.5. The van der Waals surface area contributed by atoms with Crippen molar-refractivity contribution in [3.8, 4) is 17.2 Å². The number of aliphatic carboxylic acids is 1. The van der Waals surface area contributed by atoms with Crippen LogP contribution in [0.4, 0.5) is 0 Å². The third kappa shape index (κ3) is 6.55. The predicted octanol–water partition coefficient (Wildman–Crippen LogP) is 7.31. The van der Waals surface area contributed by atoms with Gasteiger partial charge in [-0.15, -0.1) is 0 Å². The van der Waals surface area contributed by atoms with E-state index in [1.54, 1.807) is 11.8 Å². The summed E-state index contributed by atoms with van der Waals surface area (Å²) in [5, 5.41) is 8.90. The Balaban J connectivity index is 1.38. The number of rotatable bonds is 10. The highest BCUT2D eigenvalue weighted by Gasteiger charge is 2.18. The molecule has 3 aromatic carbocycles. The van der Waals surface area contributed by atoms with Gasteiger partial charge in [0, 0.05) is 21.8 Å². The van der Waals surface area contributed by atoms with Crippen LogP contribution < -0.4 is 4.74 Å². The SMILES string of the molecule is Cc1cc(OC[C@H](C)c2oc(-c3ccc(Sc4ccccc4)cc3)nc2C)ccc1CCC(=O)O. The lowest BCUT2D eigenvalue weighted by atomic mass is 10.0. The molecule has 0 fully saturated rings. The first-order valence-electron chi connectivity index (χ1n) is 11.6. The molecule has 0 aliphatic heterocycles. The van der Waals surface area contributed by atoms with Crippen LogP contribution >= 0.6 is 11.8 Å². The second-order valence-electron chi connectivity index (χ2n) is 8.60. The molecule has 0 aliphatic rings. The van der Waals surface area contributed by atoms with E-state index in [-0.39, 0.29) is 12.3 Å². The van der Waals surface area contributed by atoms with E-state index >= 15 is 0 Å². The van der Waals surface area contributed by atoms with E-state index in [0.717, 1.165) is 38.8 Å². The van der Waals surface area contributed by atoms with Crippen LogP contribution in [0.15, 0.2) is 87.0 Å². The van der Waals surface area contributed by atoms with Crippen LogP contribution in [-0.2, 0) is 11.2 Å². The number of nitrogens with zero attached hydrogens (tertiary/aromatic N) is 1. The van der Waals surface area contributed by atoms with Crippen molar-refractivity contribution < 1.29 is 19.1 Å². The lowest BCUT2D eigenvalue weighted by molar-refractivity contribution is -0.136. The van der Waals surface area contributed by atoms with Crippen molar-refractivity contribution in [1.82, 2.24) is 4.98 Å². The van der Waals surface area contributed by atoms with Crippen molar-refractivity contribution in [3.63, 3.8) is 0 Å². The lowest BCUT2D eigenvalue weighted by Gasteiger charge is -2.13. The van der Waals surface area contributed by atoms with Crippen LogP contribution in [-0.4, -0.2) is 22.7 Å². The molecule has 1 N–H and O–H groups in total. The first kappa shape index (κ1) is 24.6. The van der Waals surface area contributed by atoms with Gasteiger partial charge in [0.15, 0.2) is 0 Å². The number of carbonyl (C=O) groups is 1. The summed E-state index contributed by atoms with van der Waals surface area (Å²) in [5.41, 5.74) is 3.86. The average molecular weight is 488 g/mol. The van der Waals surface area contributed by atoms with E-state index in [4.69, 9.17) is 14.3 Å². The normalized spacial score (nSPS) is 11.9. The molecule has 35 heavy (non-hydrogen) atoms. The van der Waals surface area contributed by atoms with Crippen molar-refractivity contribution in [3.05, 3.63) is 95.4 Å². The standard InChI is InChI=1S/C29H29NO4S/c1-19-17-24(13-9-22(19)12-16-27(31)32)33-18-20(2)28-21(3)30-29(34-28)23-10-14-26(15-11-23)35-25-7-5-4-6-8-25/h4-11,13-15,17,20H,12,16,18H2,1-3H3,(H,31,32)/t20-/m0/s1. The van der Waals surface area contributed by atoms with Crippen molar-refractivity contribution in [1.29, 1.82) is 0 Å². The smallest absolute Gasteiger partial charge is 0.303 e. The molecule has 0 saturated heterocycles. The Labute approximate surface area is 210 Å². The number of benzene rings is 3. The van der Waals surface area contributed by atoms with E-state index in [9.17, 15) is 4.79 Å². The highest BCUT2D eigenvalue weighted by Crippen LogP contribution is 2.31. The van der Waals surface area contributed by atoms with Gasteiger partial charge in [-0.2, -0.15) is 0 Å². The second kappa shape index (κ2) is 11.3. The van der Waals surface area contributed by atoms with Crippen LogP contribution in [0.3, 0.4) is 0 Å². The van der Waals surface area contributed by atoms with Gasteiger partial charge in [0.05, 0.1) is 18.2 Å². The third-order valence-corrected chi connectivity index (χ3v) is 6.80. The average Bonchev–Trinajstić information content (AvgIpc) is 3.24. The molecule has 0 bridgehead atoms. The van der Waals surface area contributed by atoms with Gasteiger partial charge in [0.1, 0.15) is 11.5 Å². The Hall–Kier alpha value is -3.51. The summed E-state index contributed by atoms with van der Waals surface area (Å²) in [6, 6.07) is 24.3. The van der Waals surface area contributed by atoms with E-state index in [1.807, 2.05) is 62.4 Å². The maximum Gasteiger partial charge on any atom is 0.303 e. The molecule has 4 rings (SSSR count). The van der Waals surface area contributed by atoms with Crippen LogP contribution in [0.5, 0.6) is 5.75 Å². The van der Waals surface area contributed by atoms with E-state index in [1.165, 1.54) is 4.90 Å². The van der Waals surface area contributed by atoms with Gasteiger partial charge in [0.2, 0.25) is 5.89 Å². The maximum atomic E-state index is 10.8. The Kier molecular flexibility index (Phi) is 7.93. The number of oxazole rings is 1. The van der Waals surface area contributed by atoms with Gasteiger partial charge in [-0.1, -0.05) is 43.0 Å². The van der Waals surface area contributed by atoms with Crippen LogP contribution in [0, 0.1) is 13.8 Å². The lowest BCUT2D eigenvalue weighted by Crippen LogP contribution is -2.08. The number of aryl methyl sites for hydroxylation is 3. The molecule has 0 amide bonds. The molecule has 1 aromatic heterocycles. The minimum atomic E-state index is -0.789. The summed E-state index contributed by atoms with van der Waals surface area (Å²) >= 11 is 1.72. The zero-order valence-corrected chi connectivity index (χ0v) is 21.0. The quantitative estimate of drug-likeness (QED) is 0.253. The fourth-order valence-electron chi connectivity index (χ4n) is 3.86. The number of hydrogen-bond acceptors (Lipinski definition) is 5. The molecule has 0 radical (unpaired) electrons. The summed E-state index contributed by atoms with van der Waals surface area (Å²) < 4.78 is 12.2. The van der Waals surface area contributed by atoms with E-state index in [2.05, 4.69) is 36.2 Å². The number of ether oxygens (including phenoxy) is 1. The molecule has 6 heteroatoms. The molecule has 1 heterocycles. The molecule has 1 atom stereocenters. The van der Waals surface area contributed by atoms with Crippen molar-refractivity contribution >= 4 is 17.7 Å². The second-order valence-corrected chi connectivity index (χ2v) is 9.75. The van der Waals surface area contributed by atoms with Crippen molar-refractivity contribution in [2.24, 2.45) is 0 Å². The molecule has 0 unspecified atom stereocenters. The molecular formula is C29H29NO4S. The zero-order chi connectivity index (χ0) is 24.8. The van der Waals surface area contributed by atoms with Crippen LogP contribution in [0.1, 0.15) is 41.8 Å². The van der Waals surface area contributed by atoms with E-state index < -0.39 is 5.97 Å². The molecule has 0 spiro atoms. The first-order chi connectivity index (χ1) is 16.9. The Morgan fingerprint density at radius 1 is 1.03 bits per heavy atom. The molecule has 0 saturated carbocycles. The Morgan fingerprint density at radius 2 is 1.74 bits per heavy atom. The fourth-order valence-corrected chi connectivity index (χ4v) is 4.69. The minimum absolute atomic E-state index is 0.0242. The van der Waals surface area contributed by atoms with Crippen molar-refractivity contribution in [2.45, 2.75) is 49.3 Å². The van der Waals surface area contributed by atoms with Gasteiger partial charge in [-0.3, -0.25) is 4.79 Å². The monoisotopic (exact) mass is 487 g/mol. The summed E-state index contributed by atoms with van der Waals surface area (Å²) in [6.45, 7) is 6.45. The number of carboxylic acids is 1. The van der Waals surface area contributed by atoms with Gasteiger partial charge < -0.3 is 14.3 Å². The highest BCUT2D eigenvalue weighted by molar-refractivity contribution is 7.99. The van der Waals surface area contributed by atoms with Crippen molar-refractivity contribution in [2.75, 3.05) is 6.61 Å². The van der Waals surface area contributed by atoms with Gasteiger partial charge in [-0.25, -0.2) is 4.98 Å². The number of hydrogen-bond donors (Lipinski definition) is 1. The summed E-state index contributed by atoms with van der Waals surface area (Å²) in [4.78, 5) is 17.8. The predicted molar refractivity (Wildman–Crippen MR) is 138 cm³/mol. The topological polar surface area (TPSA) is 72.6 Å². The molecular weight excluding hydrogens is 458 g/mol.